The highest BCUT2D eigenvalue weighted by Gasteiger charge is 2.22. The van der Waals surface area contributed by atoms with Crippen molar-refractivity contribution in [1.82, 2.24) is 15.0 Å². The molecule has 0 fully saturated rings. The monoisotopic (exact) mass is 305 g/mol. The van der Waals surface area contributed by atoms with E-state index in [0.717, 1.165) is 5.39 Å². The molecule has 0 N–H and O–H groups in total. The first kappa shape index (κ1) is 11.2. The highest BCUT2D eigenvalue weighted by Crippen LogP contribution is 2.25. The summed E-state index contributed by atoms with van der Waals surface area (Å²) >= 11 is 3.22. The lowest BCUT2D eigenvalue weighted by atomic mass is 10.1. The lowest BCUT2D eigenvalue weighted by Gasteiger charge is -1.98. The van der Waals surface area contributed by atoms with Crippen molar-refractivity contribution in [2.45, 2.75) is 0 Å². The van der Waals surface area contributed by atoms with Gasteiger partial charge in [-0.05, 0) is 22.0 Å². The Kier molecular flexibility index (Phi) is 2.52. The van der Waals surface area contributed by atoms with Gasteiger partial charge in [0.05, 0.1) is 5.56 Å². The Labute approximate surface area is 111 Å². The number of hydrogen-bond donors (Lipinski definition) is 0. The third-order valence-electron chi connectivity index (χ3n) is 2.73. The van der Waals surface area contributed by atoms with Crippen LogP contribution in [0.5, 0.6) is 0 Å². The quantitative estimate of drug-likeness (QED) is 0.683. The van der Waals surface area contributed by atoms with Gasteiger partial charge in [0.15, 0.2) is 4.60 Å². The predicted octanol–water partition coefficient (Wildman–Crippen LogP) is 2.55. The zero-order valence-corrected chi connectivity index (χ0v) is 11.0. The number of benzene rings is 1. The Morgan fingerprint density at radius 2 is 2.17 bits per heavy atom. The molecule has 0 saturated heterocycles. The van der Waals surface area contributed by atoms with E-state index in [0.29, 0.717) is 21.4 Å². The molecule has 3 rings (SSSR count). The Morgan fingerprint density at radius 3 is 2.89 bits per heavy atom. The number of fused-ring (bicyclic) bond motifs is 1. The number of nitrogens with zero attached hydrogens (tertiary/aromatic N) is 3. The van der Waals surface area contributed by atoms with E-state index in [2.05, 4.69) is 26.2 Å². The standard InChI is InChI=1S/C12H8BrN3O2/c1-16-10(12(13)14-15-16)11(17)8-6-18-9-5-3-2-4-7(8)9/h2-6H,1H3. The molecule has 2 aromatic heterocycles. The summed E-state index contributed by atoms with van der Waals surface area (Å²) in [6.45, 7) is 0. The average Bonchev–Trinajstić information content (AvgIpc) is 2.93. The number of carbonyl (C=O) groups excluding carboxylic acids is 1. The van der Waals surface area contributed by atoms with E-state index in [4.69, 9.17) is 4.42 Å². The molecule has 1 aromatic carbocycles. The van der Waals surface area contributed by atoms with Gasteiger partial charge >= 0.3 is 0 Å². The lowest BCUT2D eigenvalue weighted by molar-refractivity contribution is 0.103. The average molecular weight is 306 g/mol. The number of aromatic nitrogens is 3. The fourth-order valence-corrected chi connectivity index (χ4v) is 2.36. The minimum Gasteiger partial charge on any atom is -0.464 e. The van der Waals surface area contributed by atoms with Gasteiger partial charge in [0.1, 0.15) is 17.5 Å². The van der Waals surface area contributed by atoms with Crippen LogP contribution in [0, 0.1) is 0 Å². The fourth-order valence-electron chi connectivity index (χ4n) is 1.85. The van der Waals surface area contributed by atoms with Crippen molar-refractivity contribution in [2.24, 2.45) is 7.05 Å². The van der Waals surface area contributed by atoms with E-state index in [1.807, 2.05) is 24.3 Å². The van der Waals surface area contributed by atoms with Gasteiger partial charge in [0.25, 0.3) is 0 Å². The first-order valence-corrected chi connectivity index (χ1v) is 6.04. The van der Waals surface area contributed by atoms with Gasteiger partial charge in [-0.3, -0.25) is 4.79 Å². The smallest absolute Gasteiger partial charge is 0.217 e. The van der Waals surface area contributed by atoms with E-state index < -0.39 is 0 Å². The zero-order valence-electron chi connectivity index (χ0n) is 9.42. The van der Waals surface area contributed by atoms with Crippen molar-refractivity contribution in [2.75, 3.05) is 0 Å². The minimum atomic E-state index is -0.167. The summed E-state index contributed by atoms with van der Waals surface area (Å²) in [5, 5.41) is 8.39. The first-order chi connectivity index (χ1) is 8.68. The minimum absolute atomic E-state index is 0.167. The van der Waals surface area contributed by atoms with Gasteiger partial charge in [0.2, 0.25) is 5.78 Å². The Bertz CT molecular complexity index is 725. The molecular weight excluding hydrogens is 298 g/mol. The Hall–Kier alpha value is -1.95. The van der Waals surface area contributed by atoms with E-state index in [-0.39, 0.29) is 5.78 Å². The maximum Gasteiger partial charge on any atom is 0.217 e. The largest absolute Gasteiger partial charge is 0.464 e. The molecule has 0 aliphatic heterocycles. The van der Waals surface area contributed by atoms with E-state index >= 15 is 0 Å². The molecular formula is C12H8BrN3O2. The SMILES string of the molecule is Cn1nnc(Br)c1C(=O)c1coc2ccccc12. The van der Waals surface area contributed by atoms with Crippen LogP contribution in [0.4, 0.5) is 0 Å². The van der Waals surface area contributed by atoms with Gasteiger partial charge < -0.3 is 4.42 Å². The first-order valence-electron chi connectivity index (χ1n) is 5.24. The summed E-state index contributed by atoms with van der Waals surface area (Å²) in [5.41, 5.74) is 1.60. The van der Waals surface area contributed by atoms with Crippen LogP contribution in [0.3, 0.4) is 0 Å². The molecule has 90 valence electrons. The summed E-state index contributed by atoms with van der Waals surface area (Å²) in [5.74, 6) is -0.167. The molecule has 18 heavy (non-hydrogen) atoms. The Morgan fingerprint density at radius 1 is 1.39 bits per heavy atom. The van der Waals surface area contributed by atoms with Crippen molar-refractivity contribution in [3.63, 3.8) is 0 Å². The number of halogens is 1. The topological polar surface area (TPSA) is 60.9 Å². The number of ketones is 1. The molecule has 0 atom stereocenters. The van der Waals surface area contributed by atoms with E-state index in [1.165, 1.54) is 10.9 Å². The molecule has 0 spiro atoms. The highest BCUT2D eigenvalue weighted by atomic mass is 79.9. The summed E-state index contributed by atoms with van der Waals surface area (Å²) in [4.78, 5) is 12.4. The van der Waals surface area contributed by atoms with Gasteiger partial charge in [0, 0.05) is 12.4 Å². The molecule has 5 nitrogen and oxygen atoms in total. The molecule has 2 heterocycles. The molecule has 0 radical (unpaired) electrons. The summed E-state index contributed by atoms with van der Waals surface area (Å²) in [7, 11) is 1.67. The normalized spacial score (nSPS) is 11.0. The van der Waals surface area contributed by atoms with Crippen LogP contribution in [0.1, 0.15) is 16.1 Å². The van der Waals surface area contributed by atoms with E-state index in [1.54, 1.807) is 7.05 Å². The van der Waals surface area contributed by atoms with Crippen LogP contribution in [-0.2, 0) is 7.05 Å². The van der Waals surface area contributed by atoms with Crippen LogP contribution in [0.15, 0.2) is 39.5 Å². The maximum absolute atomic E-state index is 12.4. The predicted molar refractivity (Wildman–Crippen MR) is 68.3 cm³/mol. The van der Waals surface area contributed by atoms with Crippen LogP contribution in [0.25, 0.3) is 11.0 Å². The van der Waals surface area contributed by atoms with Crippen molar-refractivity contribution in [3.05, 3.63) is 46.4 Å². The van der Waals surface area contributed by atoms with Crippen molar-refractivity contribution >= 4 is 32.7 Å². The molecule has 6 heteroatoms. The van der Waals surface area contributed by atoms with Crippen molar-refractivity contribution < 1.29 is 9.21 Å². The van der Waals surface area contributed by atoms with Gasteiger partial charge in [-0.1, -0.05) is 23.4 Å². The molecule has 3 aromatic rings. The fraction of sp³-hybridized carbons (Fsp3) is 0.0833. The third kappa shape index (κ3) is 1.57. The number of para-hydroxylation sites is 1. The van der Waals surface area contributed by atoms with E-state index in [9.17, 15) is 4.79 Å². The van der Waals surface area contributed by atoms with Crippen molar-refractivity contribution in [1.29, 1.82) is 0 Å². The molecule has 0 aliphatic carbocycles. The number of carbonyl (C=O) groups is 1. The maximum atomic E-state index is 12.4. The van der Waals surface area contributed by atoms with Crippen molar-refractivity contribution in [3.8, 4) is 0 Å². The zero-order chi connectivity index (χ0) is 12.7. The molecule has 0 unspecified atom stereocenters. The number of hydrogen-bond acceptors (Lipinski definition) is 4. The number of aryl methyl sites for hydroxylation is 1. The lowest BCUT2D eigenvalue weighted by Crippen LogP contribution is -2.08. The summed E-state index contributed by atoms with van der Waals surface area (Å²) in [6, 6.07) is 7.40. The van der Waals surface area contributed by atoms with Crippen LogP contribution in [-0.4, -0.2) is 20.8 Å². The molecule has 0 amide bonds. The third-order valence-corrected chi connectivity index (χ3v) is 3.26. The summed E-state index contributed by atoms with van der Waals surface area (Å²) < 4.78 is 7.23. The number of rotatable bonds is 2. The molecule has 0 saturated carbocycles. The van der Waals surface area contributed by atoms with Crippen LogP contribution >= 0.6 is 15.9 Å². The number of furan rings is 1. The van der Waals surface area contributed by atoms with Crippen LogP contribution < -0.4 is 0 Å². The molecule has 0 bridgehead atoms. The molecule has 0 aliphatic rings. The second-order valence-electron chi connectivity index (χ2n) is 3.83. The Balaban J connectivity index is 2.19. The van der Waals surface area contributed by atoms with Gasteiger partial charge in [-0.25, -0.2) is 4.68 Å². The second kappa shape index (κ2) is 4.06. The van der Waals surface area contributed by atoms with Gasteiger partial charge in [-0.15, -0.1) is 5.10 Å². The van der Waals surface area contributed by atoms with Crippen LogP contribution in [0.2, 0.25) is 0 Å². The highest BCUT2D eigenvalue weighted by molar-refractivity contribution is 9.10. The summed E-state index contributed by atoms with van der Waals surface area (Å²) in [6.07, 6.45) is 1.46. The van der Waals surface area contributed by atoms with Gasteiger partial charge in [-0.2, -0.15) is 0 Å². The second-order valence-corrected chi connectivity index (χ2v) is 4.58.